The van der Waals surface area contributed by atoms with E-state index in [2.05, 4.69) is 29.1 Å². The molecule has 0 fully saturated rings. The highest BCUT2D eigenvalue weighted by molar-refractivity contribution is 7.89. The first-order chi connectivity index (χ1) is 14.0. The van der Waals surface area contributed by atoms with E-state index in [1.54, 1.807) is 12.1 Å². The molecule has 3 rings (SSSR count). The molecule has 1 amide bonds. The first-order valence-electron chi connectivity index (χ1n) is 10.4. The fourth-order valence-corrected chi connectivity index (χ4v) is 4.89. The third kappa shape index (κ3) is 5.90. The SMILES string of the molecule is CCC(CNC(=O)CCNS(=O)(=O)c1ccc2c(c1)CCCC2)c1ccccc1. The maximum Gasteiger partial charge on any atom is 0.240 e. The highest BCUT2D eigenvalue weighted by Crippen LogP contribution is 2.24. The van der Waals surface area contributed by atoms with E-state index in [0.29, 0.717) is 6.54 Å². The topological polar surface area (TPSA) is 75.3 Å². The number of carbonyl (C=O) groups excluding carboxylic acids is 1. The summed E-state index contributed by atoms with van der Waals surface area (Å²) in [6, 6.07) is 15.5. The number of nitrogens with one attached hydrogen (secondary N) is 2. The molecule has 2 aromatic carbocycles. The molecule has 156 valence electrons. The van der Waals surface area contributed by atoms with Gasteiger partial charge in [0.2, 0.25) is 15.9 Å². The van der Waals surface area contributed by atoms with Gasteiger partial charge < -0.3 is 5.32 Å². The van der Waals surface area contributed by atoms with Crippen molar-refractivity contribution >= 4 is 15.9 Å². The molecule has 0 heterocycles. The van der Waals surface area contributed by atoms with Crippen molar-refractivity contribution in [2.24, 2.45) is 0 Å². The van der Waals surface area contributed by atoms with Gasteiger partial charge in [-0.2, -0.15) is 0 Å². The zero-order valence-corrected chi connectivity index (χ0v) is 17.8. The molecule has 6 heteroatoms. The monoisotopic (exact) mass is 414 g/mol. The van der Waals surface area contributed by atoms with Crippen LogP contribution in [0.5, 0.6) is 0 Å². The van der Waals surface area contributed by atoms with Crippen molar-refractivity contribution in [3.05, 3.63) is 65.2 Å². The Morgan fingerprint density at radius 3 is 2.48 bits per heavy atom. The van der Waals surface area contributed by atoms with Crippen LogP contribution in [0.4, 0.5) is 0 Å². The number of fused-ring (bicyclic) bond motifs is 1. The Balaban J connectivity index is 1.48. The fourth-order valence-electron chi connectivity index (χ4n) is 3.81. The van der Waals surface area contributed by atoms with E-state index in [1.807, 2.05) is 24.3 Å². The fraction of sp³-hybridized carbons (Fsp3) is 0.435. The summed E-state index contributed by atoms with van der Waals surface area (Å²) < 4.78 is 27.7. The molecule has 5 nitrogen and oxygen atoms in total. The van der Waals surface area contributed by atoms with Crippen molar-refractivity contribution in [3.8, 4) is 0 Å². The van der Waals surface area contributed by atoms with E-state index in [1.165, 1.54) is 11.1 Å². The first-order valence-corrected chi connectivity index (χ1v) is 11.9. The minimum atomic E-state index is -3.60. The predicted molar refractivity (Wildman–Crippen MR) is 115 cm³/mol. The van der Waals surface area contributed by atoms with E-state index >= 15 is 0 Å². The van der Waals surface area contributed by atoms with Gasteiger partial charge in [0, 0.05) is 25.4 Å². The Bertz CT molecular complexity index is 926. The number of amides is 1. The van der Waals surface area contributed by atoms with E-state index in [4.69, 9.17) is 0 Å². The quantitative estimate of drug-likeness (QED) is 0.659. The third-order valence-corrected chi connectivity index (χ3v) is 7.04. The standard InChI is InChI=1S/C23H30N2O3S/c1-2-18(19-8-4-3-5-9-19)17-24-23(26)14-15-25-29(27,28)22-13-12-20-10-6-7-11-21(20)16-22/h3-5,8-9,12-13,16,18,25H,2,6-7,10-11,14-15,17H2,1H3,(H,24,26). The number of sulfonamides is 1. The van der Waals surface area contributed by atoms with Crippen LogP contribution >= 0.6 is 0 Å². The van der Waals surface area contributed by atoms with Crippen molar-refractivity contribution in [2.75, 3.05) is 13.1 Å². The molecule has 0 aromatic heterocycles. The van der Waals surface area contributed by atoms with Gasteiger partial charge in [0.1, 0.15) is 0 Å². The maximum absolute atomic E-state index is 12.6. The number of rotatable bonds is 9. The van der Waals surface area contributed by atoms with Gasteiger partial charge in [-0.3, -0.25) is 4.79 Å². The average molecular weight is 415 g/mol. The van der Waals surface area contributed by atoms with E-state index in [0.717, 1.165) is 37.7 Å². The summed E-state index contributed by atoms with van der Waals surface area (Å²) in [5.74, 6) is 0.111. The molecule has 2 aromatic rings. The van der Waals surface area contributed by atoms with Gasteiger partial charge in [0.15, 0.2) is 0 Å². The molecule has 0 saturated heterocycles. The lowest BCUT2D eigenvalue weighted by molar-refractivity contribution is -0.121. The number of benzene rings is 2. The molecule has 0 saturated carbocycles. The number of aryl methyl sites for hydroxylation is 2. The molecule has 1 aliphatic carbocycles. The van der Waals surface area contributed by atoms with Gasteiger partial charge in [-0.05, 0) is 60.9 Å². The van der Waals surface area contributed by atoms with E-state index < -0.39 is 10.0 Å². The van der Waals surface area contributed by atoms with Gasteiger partial charge in [-0.1, -0.05) is 43.3 Å². The molecule has 2 N–H and O–H groups in total. The van der Waals surface area contributed by atoms with Crippen LogP contribution in [-0.4, -0.2) is 27.4 Å². The molecule has 1 unspecified atom stereocenters. The predicted octanol–water partition coefficient (Wildman–Crippen LogP) is 3.54. The Labute approximate surface area is 174 Å². The van der Waals surface area contributed by atoms with Crippen LogP contribution in [-0.2, 0) is 27.7 Å². The summed E-state index contributed by atoms with van der Waals surface area (Å²) >= 11 is 0. The summed E-state index contributed by atoms with van der Waals surface area (Å²) in [4.78, 5) is 12.4. The minimum Gasteiger partial charge on any atom is -0.355 e. The summed E-state index contributed by atoms with van der Waals surface area (Å²) in [5.41, 5.74) is 3.57. The molecule has 0 radical (unpaired) electrons. The highest BCUT2D eigenvalue weighted by atomic mass is 32.2. The minimum absolute atomic E-state index is 0.0907. The molecule has 1 aliphatic rings. The summed E-state index contributed by atoms with van der Waals surface area (Å²) in [5, 5.41) is 2.93. The van der Waals surface area contributed by atoms with Gasteiger partial charge in [-0.15, -0.1) is 0 Å². The molecule has 1 atom stereocenters. The van der Waals surface area contributed by atoms with Crippen LogP contribution in [0.2, 0.25) is 0 Å². The maximum atomic E-state index is 12.6. The van der Waals surface area contributed by atoms with E-state index in [-0.39, 0.29) is 29.7 Å². The summed E-state index contributed by atoms with van der Waals surface area (Å²) in [7, 11) is -3.60. The van der Waals surface area contributed by atoms with Crippen molar-refractivity contribution in [3.63, 3.8) is 0 Å². The second-order valence-corrected chi connectivity index (χ2v) is 9.37. The van der Waals surface area contributed by atoms with Crippen molar-refractivity contribution in [2.45, 2.75) is 56.3 Å². The van der Waals surface area contributed by atoms with Crippen LogP contribution in [0.25, 0.3) is 0 Å². The summed E-state index contributed by atoms with van der Waals surface area (Å²) in [6.45, 7) is 2.74. The van der Waals surface area contributed by atoms with Gasteiger partial charge >= 0.3 is 0 Å². The van der Waals surface area contributed by atoms with Crippen molar-refractivity contribution in [1.82, 2.24) is 10.0 Å². The van der Waals surface area contributed by atoms with Crippen LogP contribution in [0.15, 0.2) is 53.4 Å². The second-order valence-electron chi connectivity index (χ2n) is 7.61. The van der Waals surface area contributed by atoms with Crippen LogP contribution < -0.4 is 10.0 Å². The zero-order chi connectivity index (χ0) is 20.7. The number of carbonyl (C=O) groups is 1. The lowest BCUT2D eigenvalue weighted by atomic mass is 9.92. The van der Waals surface area contributed by atoms with Crippen molar-refractivity contribution in [1.29, 1.82) is 0 Å². The Morgan fingerprint density at radius 1 is 1.03 bits per heavy atom. The zero-order valence-electron chi connectivity index (χ0n) is 17.0. The molecule has 0 bridgehead atoms. The first kappa shape index (κ1) is 21.5. The Hall–Kier alpha value is -2.18. The Morgan fingerprint density at radius 2 is 1.76 bits per heavy atom. The van der Waals surface area contributed by atoms with Gasteiger partial charge in [0.05, 0.1) is 4.90 Å². The summed E-state index contributed by atoms with van der Waals surface area (Å²) in [6.07, 6.45) is 5.26. The molecular formula is C23H30N2O3S. The van der Waals surface area contributed by atoms with Gasteiger partial charge in [0.25, 0.3) is 0 Å². The average Bonchev–Trinajstić information content (AvgIpc) is 2.74. The molecular weight excluding hydrogens is 384 g/mol. The third-order valence-electron chi connectivity index (χ3n) is 5.58. The largest absolute Gasteiger partial charge is 0.355 e. The van der Waals surface area contributed by atoms with E-state index in [9.17, 15) is 13.2 Å². The molecule has 0 spiro atoms. The molecule has 0 aliphatic heterocycles. The highest BCUT2D eigenvalue weighted by Gasteiger charge is 2.18. The normalized spacial score (nSPS) is 14.8. The number of hydrogen-bond acceptors (Lipinski definition) is 3. The van der Waals surface area contributed by atoms with Crippen LogP contribution in [0.3, 0.4) is 0 Å². The van der Waals surface area contributed by atoms with Gasteiger partial charge in [-0.25, -0.2) is 13.1 Å². The molecule has 29 heavy (non-hydrogen) atoms. The second kappa shape index (κ2) is 10.0. The lowest BCUT2D eigenvalue weighted by Crippen LogP contribution is -2.32. The number of hydrogen-bond donors (Lipinski definition) is 2. The lowest BCUT2D eigenvalue weighted by Gasteiger charge is -2.17. The smallest absolute Gasteiger partial charge is 0.240 e. The van der Waals surface area contributed by atoms with Crippen LogP contribution in [0, 0.1) is 0 Å². The van der Waals surface area contributed by atoms with Crippen molar-refractivity contribution < 1.29 is 13.2 Å². The Kier molecular flexibility index (Phi) is 7.45. The van der Waals surface area contributed by atoms with Crippen LogP contribution in [0.1, 0.15) is 55.2 Å².